The van der Waals surface area contributed by atoms with Crippen LogP contribution in [0.5, 0.6) is 11.5 Å². The maximum absolute atomic E-state index is 12.8. The molecule has 2 aromatic carbocycles. The first-order chi connectivity index (χ1) is 11.2. The minimum atomic E-state index is -4.60. The number of ether oxygens (including phenoxy) is 1. The minimum absolute atomic E-state index is 0.0630. The van der Waals surface area contributed by atoms with Crippen molar-refractivity contribution in [1.82, 2.24) is 4.72 Å². The number of alkyl halides is 3. The monoisotopic (exact) mass is 378 g/mol. The molecule has 0 bridgehead atoms. The van der Waals surface area contributed by atoms with Gasteiger partial charge in [0.25, 0.3) is 5.91 Å². The lowest BCUT2D eigenvalue weighted by Crippen LogP contribution is -2.30. The van der Waals surface area contributed by atoms with Gasteiger partial charge in [0.2, 0.25) is 0 Å². The van der Waals surface area contributed by atoms with Crippen molar-refractivity contribution in [2.24, 2.45) is 5.14 Å². The number of hydrogen-bond acceptors (Lipinski definition) is 3. The summed E-state index contributed by atoms with van der Waals surface area (Å²) in [7, 11) is 0. The van der Waals surface area contributed by atoms with Gasteiger partial charge in [0.05, 0.1) is 10.6 Å². The van der Waals surface area contributed by atoms with Crippen molar-refractivity contribution >= 4 is 28.7 Å². The number of nitrogens with two attached hydrogens (primary N) is 1. The molecule has 0 aliphatic rings. The lowest BCUT2D eigenvalue weighted by atomic mass is 10.2. The highest BCUT2D eigenvalue weighted by Crippen LogP contribution is 2.37. The van der Waals surface area contributed by atoms with E-state index in [1.54, 1.807) is 0 Å². The lowest BCUT2D eigenvalue weighted by Gasteiger charge is -2.12. The lowest BCUT2D eigenvalue weighted by molar-refractivity contribution is -0.137. The van der Waals surface area contributed by atoms with Gasteiger partial charge < -0.3 is 4.74 Å². The molecule has 1 unspecified atom stereocenters. The summed E-state index contributed by atoms with van der Waals surface area (Å²) in [6.45, 7) is 0. The van der Waals surface area contributed by atoms with E-state index in [9.17, 15) is 22.2 Å². The zero-order valence-corrected chi connectivity index (χ0v) is 13.3. The molecule has 0 aliphatic heterocycles. The van der Waals surface area contributed by atoms with E-state index in [2.05, 4.69) is 0 Å². The van der Waals surface area contributed by atoms with Crippen LogP contribution in [0.3, 0.4) is 0 Å². The predicted octanol–water partition coefficient (Wildman–Crippen LogP) is 3.42. The molecule has 0 fully saturated rings. The Morgan fingerprint density at radius 3 is 2.25 bits per heavy atom. The highest BCUT2D eigenvalue weighted by Gasteiger charge is 2.33. The Labute approximate surface area is 142 Å². The Balaban J connectivity index is 2.17. The zero-order chi connectivity index (χ0) is 17.9. The van der Waals surface area contributed by atoms with Gasteiger partial charge in [-0.25, -0.2) is 9.35 Å². The standard InChI is InChI=1S/C14H10ClF3N2O3S/c15-12-6-5-10(7-11(12)14(16,17)18)23-9-3-1-8(2-4-9)13(21)20-24(19)22/h1-7H,19H2,(H,20,21). The van der Waals surface area contributed by atoms with Crippen LogP contribution < -0.4 is 14.6 Å². The molecular formula is C14H10ClF3N2O3S. The molecule has 2 aromatic rings. The second-order valence-electron chi connectivity index (χ2n) is 4.49. The number of carbonyl (C=O) groups excluding carboxylic acids is 1. The number of rotatable bonds is 4. The summed E-state index contributed by atoms with van der Waals surface area (Å²) in [5.41, 5.74) is -0.851. The SMILES string of the molecule is NS(=O)NC(=O)c1ccc(Oc2ccc(Cl)c(C(F)(F)F)c2)cc1. The third kappa shape index (κ3) is 4.70. The van der Waals surface area contributed by atoms with Gasteiger partial charge in [0.15, 0.2) is 11.2 Å². The van der Waals surface area contributed by atoms with Crippen molar-refractivity contribution < 1.29 is 26.9 Å². The topological polar surface area (TPSA) is 81.4 Å². The van der Waals surface area contributed by atoms with Crippen molar-refractivity contribution in [2.45, 2.75) is 6.18 Å². The van der Waals surface area contributed by atoms with Gasteiger partial charge in [-0.1, -0.05) is 11.6 Å². The van der Waals surface area contributed by atoms with Crippen LogP contribution in [-0.2, 0) is 17.3 Å². The van der Waals surface area contributed by atoms with E-state index in [1.165, 1.54) is 30.3 Å². The van der Waals surface area contributed by atoms with Crippen LogP contribution in [0.15, 0.2) is 42.5 Å². The van der Waals surface area contributed by atoms with E-state index in [4.69, 9.17) is 21.5 Å². The molecule has 0 aromatic heterocycles. The minimum Gasteiger partial charge on any atom is -0.457 e. The van der Waals surface area contributed by atoms with E-state index in [0.717, 1.165) is 12.1 Å². The normalized spacial score (nSPS) is 12.5. The first-order valence-corrected chi connectivity index (χ1v) is 7.88. The summed E-state index contributed by atoms with van der Waals surface area (Å²) >= 11 is 3.53. The van der Waals surface area contributed by atoms with Crippen LogP contribution in [0.2, 0.25) is 5.02 Å². The fraction of sp³-hybridized carbons (Fsp3) is 0.0714. The molecule has 10 heteroatoms. The first-order valence-electron chi connectivity index (χ1n) is 6.28. The van der Waals surface area contributed by atoms with Crippen molar-refractivity contribution in [3.63, 3.8) is 0 Å². The molecule has 1 amide bonds. The van der Waals surface area contributed by atoms with Gasteiger partial charge in [-0.3, -0.25) is 9.52 Å². The van der Waals surface area contributed by atoms with Crippen molar-refractivity contribution in [3.8, 4) is 11.5 Å². The fourth-order valence-corrected chi connectivity index (χ4v) is 2.27. The van der Waals surface area contributed by atoms with E-state index >= 15 is 0 Å². The number of hydrogen-bond donors (Lipinski definition) is 2. The van der Waals surface area contributed by atoms with Gasteiger partial charge in [-0.15, -0.1) is 0 Å². The van der Waals surface area contributed by atoms with Gasteiger partial charge in [0.1, 0.15) is 11.5 Å². The van der Waals surface area contributed by atoms with Gasteiger partial charge in [0, 0.05) is 5.56 Å². The largest absolute Gasteiger partial charge is 0.457 e. The third-order valence-electron chi connectivity index (χ3n) is 2.79. The molecule has 0 spiro atoms. The summed E-state index contributed by atoms with van der Waals surface area (Å²) in [5.74, 6) is -0.518. The van der Waals surface area contributed by atoms with Crippen molar-refractivity contribution in [3.05, 3.63) is 58.6 Å². The Morgan fingerprint density at radius 2 is 1.71 bits per heavy atom. The molecule has 128 valence electrons. The Bertz CT molecular complexity index is 782. The Morgan fingerprint density at radius 1 is 1.12 bits per heavy atom. The fourth-order valence-electron chi connectivity index (χ4n) is 1.75. The zero-order valence-electron chi connectivity index (χ0n) is 11.8. The number of amides is 1. The Kier molecular flexibility index (Phi) is 5.47. The highest BCUT2D eigenvalue weighted by molar-refractivity contribution is 7.81. The predicted molar refractivity (Wildman–Crippen MR) is 82.8 cm³/mol. The van der Waals surface area contributed by atoms with Gasteiger partial charge in [-0.05, 0) is 42.5 Å². The average Bonchev–Trinajstić information content (AvgIpc) is 2.48. The number of halogens is 4. The molecule has 5 nitrogen and oxygen atoms in total. The molecular weight excluding hydrogens is 369 g/mol. The van der Waals surface area contributed by atoms with E-state index in [-0.39, 0.29) is 17.1 Å². The molecule has 0 radical (unpaired) electrons. The van der Waals surface area contributed by atoms with Crippen molar-refractivity contribution in [1.29, 1.82) is 0 Å². The second-order valence-corrected chi connectivity index (χ2v) is 5.70. The first kappa shape index (κ1) is 18.2. The van der Waals surface area contributed by atoms with Gasteiger partial charge >= 0.3 is 6.18 Å². The van der Waals surface area contributed by atoms with Crippen LogP contribution in [0.25, 0.3) is 0 Å². The molecule has 0 heterocycles. The van der Waals surface area contributed by atoms with Crippen LogP contribution >= 0.6 is 11.6 Å². The van der Waals surface area contributed by atoms with Gasteiger partial charge in [-0.2, -0.15) is 13.2 Å². The quantitative estimate of drug-likeness (QED) is 0.855. The maximum Gasteiger partial charge on any atom is 0.417 e. The molecule has 0 saturated heterocycles. The Hall–Kier alpha value is -2.10. The van der Waals surface area contributed by atoms with Crippen LogP contribution in [0.1, 0.15) is 15.9 Å². The molecule has 2 rings (SSSR count). The molecule has 0 aliphatic carbocycles. The number of carbonyl (C=O) groups is 1. The maximum atomic E-state index is 12.8. The summed E-state index contributed by atoms with van der Waals surface area (Å²) in [5, 5.41) is 4.50. The molecule has 3 N–H and O–H groups in total. The van der Waals surface area contributed by atoms with E-state index in [1.807, 2.05) is 4.72 Å². The summed E-state index contributed by atoms with van der Waals surface area (Å²) < 4.78 is 56.4. The van der Waals surface area contributed by atoms with Crippen LogP contribution in [0.4, 0.5) is 13.2 Å². The molecule has 24 heavy (non-hydrogen) atoms. The third-order valence-corrected chi connectivity index (χ3v) is 3.50. The summed E-state index contributed by atoms with van der Waals surface area (Å²) in [6.07, 6.45) is -4.60. The number of benzene rings is 2. The molecule has 1 atom stereocenters. The smallest absolute Gasteiger partial charge is 0.417 e. The van der Waals surface area contributed by atoms with E-state index in [0.29, 0.717) is 0 Å². The summed E-state index contributed by atoms with van der Waals surface area (Å²) in [4.78, 5) is 11.6. The van der Waals surface area contributed by atoms with Crippen LogP contribution in [-0.4, -0.2) is 10.1 Å². The number of nitrogens with one attached hydrogen (secondary N) is 1. The second kappa shape index (κ2) is 7.20. The average molecular weight is 379 g/mol. The van der Waals surface area contributed by atoms with E-state index < -0.39 is 33.8 Å². The highest BCUT2D eigenvalue weighted by atomic mass is 35.5. The van der Waals surface area contributed by atoms with Crippen LogP contribution in [0, 0.1) is 0 Å². The molecule has 0 saturated carbocycles. The summed E-state index contributed by atoms with van der Waals surface area (Å²) in [6, 6.07) is 8.58. The van der Waals surface area contributed by atoms with Crippen molar-refractivity contribution in [2.75, 3.05) is 0 Å².